The number of benzene rings is 2. The lowest BCUT2D eigenvalue weighted by Gasteiger charge is -2.07. The molecule has 0 aliphatic carbocycles. The molecule has 0 aliphatic heterocycles. The first-order valence-electron chi connectivity index (χ1n) is 7.69. The molecule has 0 bridgehead atoms. The van der Waals surface area contributed by atoms with Crippen LogP contribution in [0.25, 0.3) is 5.69 Å². The van der Waals surface area contributed by atoms with Gasteiger partial charge in [-0.2, -0.15) is 5.10 Å². The quantitative estimate of drug-likeness (QED) is 0.628. The normalized spacial score (nSPS) is 10.6. The summed E-state index contributed by atoms with van der Waals surface area (Å²) in [5.41, 5.74) is 4.88. The van der Waals surface area contributed by atoms with Crippen LogP contribution in [0.5, 0.6) is 0 Å². The van der Waals surface area contributed by atoms with Crippen LogP contribution in [-0.2, 0) is 11.2 Å². The molecule has 0 spiro atoms. The van der Waals surface area contributed by atoms with Crippen LogP contribution in [0.1, 0.15) is 17.0 Å². The molecule has 1 aromatic heterocycles. The molecule has 4 nitrogen and oxygen atoms in total. The Morgan fingerprint density at radius 1 is 1.08 bits per heavy atom. The minimum atomic E-state index is -0.0185. The third kappa shape index (κ3) is 4.03. The number of anilines is 1. The van der Waals surface area contributed by atoms with Gasteiger partial charge in [0.25, 0.3) is 0 Å². The highest BCUT2D eigenvalue weighted by atomic mass is 127. The number of carbonyl (C=O) groups is 1. The van der Waals surface area contributed by atoms with Crippen molar-refractivity contribution >= 4 is 34.2 Å². The van der Waals surface area contributed by atoms with E-state index in [1.807, 2.05) is 73.1 Å². The summed E-state index contributed by atoms with van der Waals surface area (Å²) in [7, 11) is 0. The van der Waals surface area contributed by atoms with Gasteiger partial charge in [0.2, 0.25) is 5.91 Å². The highest BCUT2D eigenvalue weighted by Crippen LogP contribution is 2.15. The lowest BCUT2D eigenvalue weighted by molar-refractivity contribution is -0.115. The fraction of sp³-hybridized carbons (Fsp3) is 0.158. The predicted molar refractivity (Wildman–Crippen MR) is 105 cm³/mol. The Hall–Kier alpha value is -2.15. The third-order valence-electron chi connectivity index (χ3n) is 3.68. The molecule has 0 unspecified atom stereocenters. The van der Waals surface area contributed by atoms with Crippen LogP contribution in [-0.4, -0.2) is 15.7 Å². The molecule has 5 heteroatoms. The summed E-state index contributed by atoms with van der Waals surface area (Å²) < 4.78 is 3.05. The molecular weight excluding hydrogens is 413 g/mol. The van der Waals surface area contributed by atoms with Crippen molar-refractivity contribution in [2.45, 2.75) is 20.3 Å². The zero-order valence-corrected chi connectivity index (χ0v) is 15.7. The molecular formula is C19H18IN3O. The Kier molecular flexibility index (Phi) is 4.99. The summed E-state index contributed by atoms with van der Waals surface area (Å²) in [6.07, 6.45) is 0.351. The summed E-state index contributed by atoms with van der Waals surface area (Å²) in [5, 5.41) is 7.39. The van der Waals surface area contributed by atoms with Crippen LogP contribution in [0, 0.1) is 17.4 Å². The van der Waals surface area contributed by atoms with E-state index in [-0.39, 0.29) is 5.91 Å². The molecule has 2 aromatic carbocycles. The summed E-state index contributed by atoms with van der Waals surface area (Å²) >= 11 is 2.24. The molecule has 122 valence electrons. The molecule has 1 amide bonds. The topological polar surface area (TPSA) is 46.9 Å². The average Bonchev–Trinajstić information content (AvgIpc) is 2.89. The van der Waals surface area contributed by atoms with Crippen molar-refractivity contribution in [2.24, 2.45) is 0 Å². The third-order valence-corrected chi connectivity index (χ3v) is 4.40. The first-order chi connectivity index (χ1) is 11.5. The van der Waals surface area contributed by atoms with Gasteiger partial charge in [0.1, 0.15) is 0 Å². The second-order valence-corrected chi connectivity index (χ2v) is 6.98. The van der Waals surface area contributed by atoms with E-state index in [1.54, 1.807) is 0 Å². The van der Waals surface area contributed by atoms with E-state index in [4.69, 9.17) is 0 Å². The van der Waals surface area contributed by atoms with Gasteiger partial charge in [-0.3, -0.25) is 4.79 Å². The molecule has 1 heterocycles. The van der Waals surface area contributed by atoms with Crippen molar-refractivity contribution in [2.75, 3.05) is 5.32 Å². The van der Waals surface area contributed by atoms with Crippen LogP contribution in [0.2, 0.25) is 0 Å². The van der Waals surface area contributed by atoms with Gasteiger partial charge in [0.15, 0.2) is 0 Å². The summed E-state index contributed by atoms with van der Waals surface area (Å²) in [4.78, 5) is 12.1. The second-order valence-electron chi connectivity index (χ2n) is 5.74. The molecule has 0 saturated heterocycles. The van der Waals surface area contributed by atoms with Crippen molar-refractivity contribution in [3.8, 4) is 5.69 Å². The molecule has 3 aromatic rings. The van der Waals surface area contributed by atoms with Gasteiger partial charge in [-0.15, -0.1) is 0 Å². The summed E-state index contributed by atoms with van der Waals surface area (Å²) in [6, 6.07) is 17.7. The van der Waals surface area contributed by atoms with E-state index < -0.39 is 0 Å². The smallest absolute Gasteiger partial charge is 0.228 e. The zero-order valence-electron chi connectivity index (χ0n) is 13.6. The number of nitrogens with one attached hydrogen (secondary N) is 1. The second kappa shape index (κ2) is 7.17. The van der Waals surface area contributed by atoms with Crippen molar-refractivity contribution in [3.05, 3.63) is 75.1 Å². The molecule has 0 radical (unpaired) electrons. The van der Waals surface area contributed by atoms with E-state index in [2.05, 4.69) is 33.0 Å². The van der Waals surface area contributed by atoms with E-state index in [1.165, 1.54) is 0 Å². The van der Waals surface area contributed by atoms with Crippen LogP contribution >= 0.6 is 22.6 Å². The number of rotatable bonds is 4. The number of halogens is 1. The Balaban J connectivity index is 1.66. The van der Waals surface area contributed by atoms with Gasteiger partial charge < -0.3 is 5.32 Å². The maximum Gasteiger partial charge on any atom is 0.228 e. The van der Waals surface area contributed by atoms with Crippen LogP contribution < -0.4 is 5.32 Å². The molecule has 0 aliphatic rings. The molecule has 24 heavy (non-hydrogen) atoms. The maximum atomic E-state index is 12.1. The van der Waals surface area contributed by atoms with E-state index in [0.29, 0.717) is 6.42 Å². The molecule has 3 rings (SSSR count). The van der Waals surface area contributed by atoms with Gasteiger partial charge in [0, 0.05) is 15.0 Å². The van der Waals surface area contributed by atoms with E-state index in [0.717, 1.165) is 31.9 Å². The maximum absolute atomic E-state index is 12.1. The van der Waals surface area contributed by atoms with Gasteiger partial charge in [0.05, 0.1) is 17.8 Å². The average molecular weight is 431 g/mol. The number of aromatic nitrogens is 2. The monoisotopic (exact) mass is 431 g/mol. The molecule has 0 fully saturated rings. The Morgan fingerprint density at radius 3 is 2.33 bits per heavy atom. The SMILES string of the molecule is Cc1cc(C)n(-c2ccc(CC(=O)Nc3ccc(I)cc3)cc2)n1. The minimum Gasteiger partial charge on any atom is -0.326 e. The first-order valence-corrected chi connectivity index (χ1v) is 8.77. The predicted octanol–water partition coefficient (Wildman–Crippen LogP) is 4.27. The largest absolute Gasteiger partial charge is 0.326 e. The number of nitrogens with zero attached hydrogens (tertiary/aromatic N) is 2. The fourth-order valence-electron chi connectivity index (χ4n) is 2.57. The summed E-state index contributed by atoms with van der Waals surface area (Å²) in [5.74, 6) is -0.0185. The van der Waals surface area contributed by atoms with Crippen molar-refractivity contribution in [1.29, 1.82) is 0 Å². The van der Waals surface area contributed by atoms with Crippen molar-refractivity contribution in [1.82, 2.24) is 9.78 Å². The van der Waals surface area contributed by atoms with Gasteiger partial charge in [-0.25, -0.2) is 4.68 Å². The van der Waals surface area contributed by atoms with Gasteiger partial charge in [-0.05, 0) is 84.5 Å². The number of amides is 1. The van der Waals surface area contributed by atoms with E-state index >= 15 is 0 Å². The molecule has 0 saturated carbocycles. The lowest BCUT2D eigenvalue weighted by atomic mass is 10.1. The summed E-state index contributed by atoms with van der Waals surface area (Å²) in [6.45, 7) is 4.01. The Morgan fingerprint density at radius 2 is 1.75 bits per heavy atom. The highest BCUT2D eigenvalue weighted by molar-refractivity contribution is 14.1. The number of hydrogen-bond donors (Lipinski definition) is 1. The standard InChI is InChI=1S/C19H18IN3O/c1-13-11-14(2)23(22-13)18-9-3-15(4-10-18)12-19(24)21-17-7-5-16(20)6-8-17/h3-11H,12H2,1-2H3,(H,21,24). The lowest BCUT2D eigenvalue weighted by Crippen LogP contribution is -2.14. The zero-order chi connectivity index (χ0) is 17.1. The fourth-order valence-corrected chi connectivity index (χ4v) is 2.93. The van der Waals surface area contributed by atoms with Gasteiger partial charge >= 0.3 is 0 Å². The molecule has 1 N–H and O–H groups in total. The molecule has 0 atom stereocenters. The Bertz CT molecular complexity index is 851. The van der Waals surface area contributed by atoms with Crippen molar-refractivity contribution < 1.29 is 4.79 Å². The minimum absolute atomic E-state index is 0.0185. The Labute approximate surface area is 155 Å². The number of carbonyl (C=O) groups excluding carboxylic acids is 1. The van der Waals surface area contributed by atoms with Crippen LogP contribution in [0.4, 0.5) is 5.69 Å². The van der Waals surface area contributed by atoms with E-state index in [9.17, 15) is 4.79 Å². The van der Waals surface area contributed by atoms with Crippen LogP contribution in [0.3, 0.4) is 0 Å². The van der Waals surface area contributed by atoms with Crippen molar-refractivity contribution in [3.63, 3.8) is 0 Å². The first kappa shape index (κ1) is 16.7. The number of aryl methyl sites for hydroxylation is 2. The highest BCUT2D eigenvalue weighted by Gasteiger charge is 2.07. The van der Waals surface area contributed by atoms with Crippen LogP contribution in [0.15, 0.2) is 54.6 Å². The number of hydrogen-bond acceptors (Lipinski definition) is 2. The van der Waals surface area contributed by atoms with Gasteiger partial charge in [-0.1, -0.05) is 12.1 Å².